The van der Waals surface area contributed by atoms with Gasteiger partial charge in [0.25, 0.3) is 0 Å². The van der Waals surface area contributed by atoms with Gasteiger partial charge in [-0.1, -0.05) is 83.9 Å². The minimum atomic E-state index is -0.301. The molecule has 0 radical (unpaired) electrons. The first-order valence-corrected chi connectivity index (χ1v) is 13.2. The van der Waals surface area contributed by atoms with Crippen molar-refractivity contribution in [3.63, 3.8) is 0 Å². The summed E-state index contributed by atoms with van der Waals surface area (Å²) in [6.07, 6.45) is 8.26. The molecule has 1 N–H and O–H groups in total. The zero-order valence-corrected chi connectivity index (χ0v) is 22.7. The number of carbonyl (C=O) groups is 2. The van der Waals surface area contributed by atoms with Crippen LogP contribution >= 0.6 is 23.2 Å². The second-order valence-electron chi connectivity index (χ2n) is 8.85. The Morgan fingerprint density at radius 1 is 0.750 bits per heavy atom. The second-order valence-corrected chi connectivity index (χ2v) is 9.66. The van der Waals surface area contributed by atoms with Crippen LogP contribution in [-0.2, 0) is 4.79 Å². The lowest BCUT2D eigenvalue weighted by molar-refractivity contribution is -0.111. The molecule has 0 aliphatic heterocycles. The number of allylic oxidation sites excluding steroid dienone is 1. The van der Waals surface area contributed by atoms with Gasteiger partial charge in [0.05, 0.1) is 21.4 Å². The number of anilines is 1. The fourth-order valence-electron chi connectivity index (χ4n) is 3.99. The molecular weight excluding hydrogens is 541 g/mol. The van der Waals surface area contributed by atoms with Crippen molar-refractivity contribution >= 4 is 52.7 Å². The standard InChI is InChI=1S/C33H23Cl2N3O2/c34-29-18-11-23(21-30(29)35)12-19-31(39)24-13-16-27(17-14-24)36-32(40)20-15-26-22-38(28-9-5-2-6-10-28)37-33(26)25-7-3-1-4-8-25/h1-22H,(H,36,40)/b19-12+,20-15+. The topological polar surface area (TPSA) is 64.0 Å². The summed E-state index contributed by atoms with van der Waals surface area (Å²) in [5, 5.41) is 8.48. The summed E-state index contributed by atoms with van der Waals surface area (Å²) in [4.78, 5) is 25.3. The van der Waals surface area contributed by atoms with Crippen molar-refractivity contribution < 1.29 is 9.59 Å². The van der Waals surface area contributed by atoms with Crippen LogP contribution in [0.3, 0.4) is 0 Å². The van der Waals surface area contributed by atoms with E-state index in [1.54, 1.807) is 59.3 Å². The van der Waals surface area contributed by atoms with Crippen LogP contribution in [0.25, 0.3) is 29.1 Å². The maximum atomic E-state index is 12.7. The molecule has 1 aromatic heterocycles. The van der Waals surface area contributed by atoms with Crippen molar-refractivity contribution in [3.05, 3.63) is 148 Å². The number of nitrogens with one attached hydrogen (secondary N) is 1. The first-order chi connectivity index (χ1) is 19.5. The second kappa shape index (κ2) is 12.4. The molecule has 40 heavy (non-hydrogen) atoms. The van der Waals surface area contributed by atoms with Gasteiger partial charge in [-0.15, -0.1) is 0 Å². The monoisotopic (exact) mass is 563 g/mol. The van der Waals surface area contributed by atoms with Gasteiger partial charge in [-0.05, 0) is 66.2 Å². The highest BCUT2D eigenvalue weighted by atomic mass is 35.5. The van der Waals surface area contributed by atoms with Gasteiger partial charge in [-0.2, -0.15) is 5.10 Å². The summed E-state index contributed by atoms with van der Waals surface area (Å²) in [6, 6.07) is 31.5. The first-order valence-electron chi connectivity index (χ1n) is 12.4. The number of benzene rings is 4. The summed E-state index contributed by atoms with van der Waals surface area (Å²) in [7, 11) is 0. The number of halogens is 2. The third kappa shape index (κ3) is 6.64. The minimum absolute atomic E-state index is 0.173. The lowest BCUT2D eigenvalue weighted by Crippen LogP contribution is -2.07. The molecule has 5 nitrogen and oxygen atoms in total. The van der Waals surface area contributed by atoms with Gasteiger partial charge in [-0.25, -0.2) is 4.68 Å². The van der Waals surface area contributed by atoms with Crippen LogP contribution in [0.5, 0.6) is 0 Å². The number of hydrogen-bond donors (Lipinski definition) is 1. The molecule has 1 heterocycles. The summed E-state index contributed by atoms with van der Waals surface area (Å²) in [6.45, 7) is 0. The Labute approximate surface area is 242 Å². The molecule has 0 saturated heterocycles. The van der Waals surface area contributed by atoms with E-state index in [1.165, 1.54) is 12.2 Å². The Morgan fingerprint density at radius 2 is 1.45 bits per heavy atom. The fourth-order valence-corrected chi connectivity index (χ4v) is 4.30. The maximum Gasteiger partial charge on any atom is 0.248 e. The molecule has 1 amide bonds. The van der Waals surface area contributed by atoms with Crippen molar-refractivity contribution in [2.45, 2.75) is 0 Å². The maximum absolute atomic E-state index is 12.7. The number of carbonyl (C=O) groups excluding carboxylic acids is 2. The first kappa shape index (κ1) is 26.9. The molecule has 0 spiro atoms. The number of aromatic nitrogens is 2. The molecule has 4 aromatic carbocycles. The van der Waals surface area contributed by atoms with E-state index in [4.69, 9.17) is 28.3 Å². The van der Waals surface area contributed by atoms with Gasteiger partial charge in [0.15, 0.2) is 5.78 Å². The summed E-state index contributed by atoms with van der Waals surface area (Å²) in [5.41, 5.74) is 5.28. The van der Waals surface area contributed by atoms with Crippen LogP contribution in [0.2, 0.25) is 10.0 Å². The third-order valence-corrected chi connectivity index (χ3v) is 6.77. The predicted octanol–water partition coefficient (Wildman–Crippen LogP) is 8.39. The Hall–Kier alpha value is -4.71. The Balaban J connectivity index is 1.27. The lowest BCUT2D eigenvalue weighted by Gasteiger charge is -2.03. The van der Waals surface area contributed by atoms with Crippen LogP contribution in [0, 0.1) is 0 Å². The SMILES string of the molecule is O=C(/C=C/c1cn(-c2ccccc2)nc1-c1ccccc1)Nc1ccc(C(=O)/C=C/c2ccc(Cl)c(Cl)c2)cc1. The average Bonchev–Trinajstić information content (AvgIpc) is 3.42. The number of para-hydroxylation sites is 1. The van der Waals surface area contributed by atoms with Gasteiger partial charge in [-0.3, -0.25) is 9.59 Å². The summed E-state index contributed by atoms with van der Waals surface area (Å²) < 4.78 is 1.80. The molecule has 5 aromatic rings. The highest BCUT2D eigenvalue weighted by molar-refractivity contribution is 6.42. The Bertz CT molecular complexity index is 1710. The normalized spacial score (nSPS) is 11.2. The molecule has 0 unspecified atom stereocenters. The molecule has 0 atom stereocenters. The zero-order chi connectivity index (χ0) is 27.9. The van der Waals surface area contributed by atoms with Crippen molar-refractivity contribution in [3.8, 4) is 16.9 Å². The largest absolute Gasteiger partial charge is 0.323 e. The van der Waals surface area contributed by atoms with E-state index in [-0.39, 0.29) is 11.7 Å². The number of hydrogen-bond acceptors (Lipinski definition) is 3. The molecule has 196 valence electrons. The van der Waals surface area contributed by atoms with Gasteiger partial charge < -0.3 is 5.32 Å². The van der Waals surface area contributed by atoms with Crippen molar-refractivity contribution in [1.29, 1.82) is 0 Å². The van der Waals surface area contributed by atoms with Crippen molar-refractivity contribution in [1.82, 2.24) is 9.78 Å². The smallest absolute Gasteiger partial charge is 0.248 e. The van der Waals surface area contributed by atoms with Gasteiger partial charge in [0, 0.05) is 34.7 Å². The molecular formula is C33H23Cl2N3O2. The molecule has 0 saturated carbocycles. The van der Waals surface area contributed by atoms with Gasteiger partial charge in [0.2, 0.25) is 5.91 Å². The highest BCUT2D eigenvalue weighted by Gasteiger charge is 2.11. The number of rotatable bonds is 8. The quantitative estimate of drug-likeness (QED) is 0.152. The Kier molecular flexibility index (Phi) is 8.35. The highest BCUT2D eigenvalue weighted by Crippen LogP contribution is 2.25. The average molecular weight is 564 g/mol. The van der Waals surface area contributed by atoms with Crippen LogP contribution in [0.15, 0.2) is 121 Å². The number of nitrogens with zero attached hydrogens (tertiary/aromatic N) is 2. The van der Waals surface area contributed by atoms with Crippen molar-refractivity contribution in [2.24, 2.45) is 0 Å². The molecule has 0 aliphatic carbocycles. The zero-order valence-electron chi connectivity index (χ0n) is 21.2. The molecule has 0 bridgehead atoms. The van der Waals surface area contributed by atoms with E-state index in [9.17, 15) is 9.59 Å². The molecule has 0 fully saturated rings. The van der Waals surface area contributed by atoms with E-state index in [1.807, 2.05) is 66.9 Å². The minimum Gasteiger partial charge on any atom is -0.323 e. The molecule has 7 heteroatoms. The third-order valence-electron chi connectivity index (χ3n) is 6.03. The van der Waals surface area contributed by atoms with E-state index in [0.717, 1.165) is 28.1 Å². The Morgan fingerprint density at radius 3 is 2.15 bits per heavy atom. The van der Waals surface area contributed by atoms with Gasteiger partial charge in [0.1, 0.15) is 0 Å². The van der Waals surface area contributed by atoms with Crippen molar-refractivity contribution in [2.75, 3.05) is 5.32 Å². The van der Waals surface area contributed by atoms with E-state index in [0.29, 0.717) is 21.3 Å². The number of ketones is 1. The van der Waals surface area contributed by atoms with Crippen LogP contribution < -0.4 is 5.32 Å². The predicted molar refractivity (Wildman–Crippen MR) is 163 cm³/mol. The van der Waals surface area contributed by atoms with E-state index >= 15 is 0 Å². The van der Waals surface area contributed by atoms with Crippen LogP contribution in [0.1, 0.15) is 21.5 Å². The lowest BCUT2D eigenvalue weighted by atomic mass is 10.1. The van der Waals surface area contributed by atoms with Crippen LogP contribution in [0.4, 0.5) is 5.69 Å². The molecule has 5 rings (SSSR count). The van der Waals surface area contributed by atoms with Gasteiger partial charge >= 0.3 is 0 Å². The summed E-state index contributed by atoms with van der Waals surface area (Å²) in [5.74, 6) is -0.474. The molecule has 0 aliphatic rings. The van der Waals surface area contributed by atoms with E-state index in [2.05, 4.69) is 5.32 Å². The fraction of sp³-hybridized carbons (Fsp3) is 0. The van der Waals surface area contributed by atoms with E-state index < -0.39 is 0 Å². The number of amides is 1. The van der Waals surface area contributed by atoms with Crippen LogP contribution in [-0.4, -0.2) is 21.5 Å². The summed E-state index contributed by atoms with van der Waals surface area (Å²) >= 11 is 12.0.